The fourth-order valence-corrected chi connectivity index (χ4v) is 4.42. The molecule has 36 heavy (non-hydrogen) atoms. The topological polar surface area (TPSA) is 121 Å². The van der Waals surface area contributed by atoms with Crippen molar-refractivity contribution in [1.82, 2.24) is 15.3 Å². The highest BCUT2D eigenvalue weighted by Gasteiger charge is 2.44. The molecular weight excluding hydrogens is 497 g/mol. The number of aliphatic hydroxyl groups excluding tert-OH is 2. The van der Waals surface area contributed by atoms with Crippen LogP contribution in [-0.2, 0) is 0 Å². The summed E-state index contributed by atoms with van der Waals surface area (Å²) in [7, 11) is 0. The summed E-state index contributed by atoms with van der Waals surface area (Å²) in [4.78, 5) is 21.2. The summed E-state index contributed by atoms with van der Waals surface area (Å²) in [6, 6.07) is 9.55. The molecule has 7 nitrogen and oxygen atoms in total. The van der Waals surface area contributed by atoms with Crippen molar-refractivity contribution in [3.05, 3.63) is 76.3 Å². The molecule has 0 aliphatic heterocycles. The van der Waals surface area contributed by atoms with E-state index < -0.39 is 48.7 Å². The normalized spacial score (nSPS) is 20.1. The third kappa shape index (κ3) is 5.45. The Bertz CT molecular complexity index is 1280. The van der Waals surface area contributed by atoms with Gasteiger partial charge in [0.15, 0.2) is 0 Å². The van der Waals surface area contributed by atoms with Gasteiger partial charge in [0.1, 0.15) is 23.4 Å². The summed E-state index contributed by atoms with van der Waals surface area (Å²) >= 11 is 5.97. The van der Waals surface area contributed by atoms with Crippen molar-refractivity contribution in [2.75, 3.05) is 12.3 Å². The van der Waals surface area contributed by atoms with Crippen molar-refractivity contribution < 1.29 is 28.2 Å². The quantitative estimate of drug-likeness (QED) is 0.385. The molecular formula is C25H24ClF3N4O3. The predicted molar refractivity (Wildman–Crippen MR) is 128 cm³/mol. The van der Waals surface area contributed by atoms with Crippen LogP contribution < -0.4 is 11.1 Å². The lowest BCUT2D eigenvalue weighted by Gasteiger charge is -2.32. The van der Waals surface area contributed by atoms with Gasteiger partial charge in [-0.1, -0.05) is 29.8 Å². The highest BCUT2D eigenvalue weighted by atomic mass is 35.5. The number of nitrogens with zero attached hydrogens (tertiary/aromatic N) is 2. The highest BCUT2D eigenvalue weighted by molar-refractivity contribution is 6.30. The number of nitrogens with two attached hydrogens (primary N) is 1. The van der Waals surface area contributed by atoms with E-state index in [-0.39, 0.29) is 35.5 Å². The fourth-order valence-electron chi connectivity index (χ4n) is 4.22. The Balaban J connectivity index is 1.55. The van der Waals surface area contributed by atoms with E-state index in [0.717, 1.165) is 6.07 Å². The molecule has 1 fully saturated rings. The molecule has 0 bridgehead atoms. The molecule has 1 saturated carbocycles. The minimum atomic E-state index is -3.15. The molecule has 0 radical (unpaired) electrons. The predicted octanol–water partition coefficient (Wildman–Crippen LogP) is 4.25. The van der Waals surface area contributed by atoms with Crippen LogP contribution in [0.3, 0.4) is 0 Å². The minimum Gasteiger partial charge on any atom is -0.394 e. The zero-order valence-electron chi connectivity index (χ0n) is 19.0. The Morgan fingerprint density at radius 2 is 2.06 bits per heavy atom. The van der Waals surface area contributed by atoms with Crippen molar-refractivity contribution in [2.45, 2.75) is 43.2 Å². The van der Waals surface area contributed by atoms with Gasteiger partial charge in [-0.2, -0.15) is 0 Å². The zero-order chi connectivity index (χ0) is 26.0. The van der Waals surface area contributed by atoms with Crippen molar-refractivity contribution in [2.24, 2.45) is 0 Å². The van der Waals surface area contributed by atoms with E-state index in [2.05, 4.69) is 15.3 Å². The molecule has 2 aromatic carbocycles. The van der Waals surface area contributed by atoms with Gasteiger partial charge in [0.2, 0.25) is 0 Å². The molecule has 0 saturated heterocycles. The number of alkyl halides is 2. The van der Waals surface area contributed by atoms with Gasteiger partial charge in [0.05, 0.1) is 30.1 Å². The van der Waals surface area contributed by atoms with E-state index in [4.69, 9.17) is 17.3 Å². The van der Waals surface area contributed by atoms with Crippen LogP contribution in [0.5, 0.6) is 0 Å². The summed E-state index contributed by atoms with van der Waals surface area (Å²) in [5.41, 5.74) is 6.98. The van der Waals surface area contributed by atoms with Gasteiger partial charge in [0, 0.05) is 22.9 Å². The third-order valence-corrected chi connectivity index (χ3v) is 6.52. The highest BCUT2D eigenvalue weighted by Crippen LogP contribution is 2.41. The van der Waals surface area contributed by atoms with Gasteiger partial charge in [-0.05, 0) is 42.7 Å². The summed E-state index contributed by atoms with van der Waals surface area (Å²) in [5.74, 6) is -5.21. The number of carbonyl (C=O) groups excluding carboxylic acids is 1. The second-order valence-corrected chi connectivity index (χ2v) is 9.17. The molecule has 1 heterocycles. The average Bonchev–Trinajstić information content (AvgIpc) is 2.84. The summed E-state index contributed by atoms with van der Waals surface area (Å²) in [6.07, 6.45) is -0.986. The average molecular weight is 521 g/mol. The molecule has 4 rings (SSSR count). The second kappa shape index (κ2) is 10.4. The number of halogens is 4. The molecule has 1 aromatic heterocycles. The molecule has 1 aliphatic carbocycles. The van der Waals surface area contributed by atoms with E-state index in [9.17, 15) is 28.2 Å². The van der Waals surface area contributed by atoms with Crippen molar-refractivity contribution in [3.63, 3.8) is 0 Å². The van der Waals surface area contributed by atoms with Crippen LogP contribution in [0.4, 0.5) is 19.0 Å². The summed E-state index contributed by atoms with van der Waals surface area (Å²) in [6.45, 7) is -0.424. The zero-order valence-corrected chi connectivity index (χ0v) is 19.7. The Labute approximate surface area is 210 Å². The van der Waals surface area contributed by atoms with Crippen LogP contribution in [0.15, 0.2) is 48.7 Å². The van der Waals surface area contributed by atoms with Crippen LogP contribution in [0.1, 0.15) is 52.8 Å². The van der Waals surface area contributed by atoms with E-state index in [1.165, 1.54) is 18.3 Å². The largest absolute Gasteiger partial charge is 0.394 e. The smallest absolute Gasteiger partial charge is 0.273 e. The number of aliphatic hydroxyl groups is 2. The molecule has 1 aliphatic rings. The van der Waals surface area contributed by atoms with E-state index in [1.807, 2.05) is 0 Å². The number of rotatable bonds is 6. The molecule has 5 N–H and O–H groups in total. The Morgan fingerprint density at radius 1 is 1.28 bits per heavy atom. The molecule has 190 valence electrons. The summed E-state index contributed by atoms with van der Waals surface area (Å²) < 4.78 is 42.3. The molecule has 11 heteroatoms. The number of hydrogen-bond acceptors (Lipinski definition) is 6. The van der Waals surface area contributed by atoms with E-state index in [1.54, 1.807) is 24.3 Å². The van der Waals surface area contributed by atoms with Crippen LogP contribution in [-0.4, -0.2) is 44.7 Å². The molecule has 1 unspecified atom stereocenters. The number of anilines is 1. The number of benzene rings is 2. The molecule has 3 atom stereocenters. The Hall–Kier alpha value is -3.21. The monoisotopic (exact) mass is 520 g/mol. The van der Waals surface area contributed by atoms with Crippen LogP contribution in [0, 0.1) is 5.82 Å². The number of amides is 1. The standard InChI is InChI=1S/C25H24ClF3N4O3/c26-16-3-1-2-13(8-16)20(12-34)33-24(36)17-5-4-15(9-18(17)27)22-23(30)31-11-19(32-22)14-6-7-25(28,29)21(35)10-14/h1-5,8-9,11,14,20-21,34-35H,6-7,10,12H2,(H2,30,31)(H,33,36)/t14-,20?,21-/m1/s1. The van der Waals surface area contributed by atoms with Gasteiger partial charge >= 0.3 is 0 Å². The maximum absolute atomic E-state index is 15.0. The van der Waals surface area contributed by atoms with Gasteiger partial charge < -0.3 is 21.3 Å². The van der Waals surface area contributed by atoms with Crippen molar-refractivity contribution in [1.29, 1.82) is 0 Å². The number of carbonyl (C=O) groups is 1. The molecule has 1 amide bonds. The SMILES string of the molecule is Nc1ncc([C@@H]2CCC(F)(F)[C@H](O)C2)nc1-c1ccc(C(=O)NC(CO)c2cccc(Cl)c2)c(F)c1. The van der Waals surface area contributed by atoms with Gasteiger partial charge in [-0.3, -0.25) is 4.79 Å². The lowest BCUT2D eigenvalue weighted by atomic mass is 9.83. The van der Waals surface area contributed by atoms with E-state index in [0.29, 0.717) is 16.3 Å². The van der Waals surface area contributed by atoms with Crippen LogP contribution in [0.25, 0.3) is 11.3 Å². The first-order chi connectivity index (χ1) is 17.1. The number of hydrogen-bond donors (Lipinski definition) is 4. The van der Waals surface area contributed by atoms with Gasteiger partial charge in [0.25, 0.3) is 11.8 Å². The summed E-state index contributed by atoms with van der Waals surface area (Å²) in [5, 5.41) is 22.5. The van der Waals surface area contributed by atoms with E-state index >= 15 is 0 Å². The van der Waals surface area contributed by atoms with Crippen molar-refractivity contribution >= 4 is 23.3 Å². The number of nitrogens with one attached hydrogen (secondary N) is 1. The fraction of sp³-hybridized carbons (Fsp3) is 0.320. The van der Waals surface area contributed by atoms with Crippen LogP contribution >= 0.6 is 11.6 Å². The van der Waals surface area contributed by atoms with Crippen molar-refractivity contribution in [3.8, 4) is 11.3 Å². The minimum absolute atomic E-state index is 0.00154. The maximum atomic E-state index is 15.0. The first kappa shape index (κ1) is 25.9. The number of nitrogen functional groups attached to an aromatic ring is 1. The second-order valence-electron chi connectivity index (χ2n) is 8.74. The molecule has 3 aromatic rings. The van der Waals surface area contributed by atoms with Gasteiger partial charge in [-0.15, -0.1) is 0 Å². The Kier molecular flexibility index (Phi) is 7.49. The lowest BCUT2D eigenvalue weighted by Crippen LogP contribution is -2.39. The first-order valence-electron chi connectivity index (χ1n) is 11.2. The maximum Gasteiger partial charge on any atom is 0.273 e. The lowest BCUT2D eigenvalue weighted by molar-refractivity contribution is -0.135. The third-order valence-electron chi connectivity index (χ3n) is 6.29. The van der Waals surface area contributed by atoms with Crippen LogP contribution in [0.2, 0.25) is 5.02 Å². The first-order valence-corrected chi connectivity index (χ1v) is 11.6. The van der Waals surface area contributed by atoms with Gasteiger partial charge in [-0.25, -0.2) is 23.1 Å². The molecule has 0 spiro atoms. The number of aromatic nitrogens is 2. The Morgan fingerprint density at radius 3 is 2.72 bits per heavy atom.